The van der Waals surface area contributed by atoms with Gasteiger partial charge in [0.15, 0.2) is 11.6 Å². The van der Waals surface area contributed by atoms with Crippen LogP contribution in [-0.2, 0) is 0 Å². The molecule has 19 heavy (non-hydrogen) atoms. The third-order valence-electron chi connectivity index (χ3n) is 3.81. The summed E-state index contributed by atoms with van der Waals surface area (Å²) < 4.78 is 26.6. The molecular weight excluding hydrogens is 250 g/mol. The van der Waals surface area contributed by atoms with Crippen LogP contribution in [0.2, 0.25) is 0 Å². The van der Waals surface area contributed by atoms with E-state index in [-0.39, 0.29) is 11.6 Å². The van der Waals surface area contributed by atoms with Gasteiger partial charge in [-0.3, -0.25) is 9.69 Å². The molecule has 1 atom stereocenters. The molecule has 1 saturated heterocycles. The van der Waals surface area contributed by atoms with Crippen LogP contribution in [0.15, 0.2) is 18.2 Å². The lowest BCUT2D eigenvalue weighted by Crippen LogP contribution is -2.37. The summed E-state index contributed by atoms with van der Waals surface area (Å²) >= 11 is 0. The molecule has 1 aliphatic carbocycles. The standard InChI is InChI=1S/C14H16F2N2O/c15-12-3-1-2-11(13(12)16)14(19)17-9-6-7-18(8-9)10-4-5-10/h1-3,9-10H,4-8H2,(H,17,19). The Bertz CT molecular complexity index is 502. The van der Waals surface area contributed by atoms with Crippen LogP contribution >= 0.6 is 0 Å². The number of rotatable bonds is 3. The third kappa shape index (κ3) is 2.61. The van der Waals surface area contributed by atoms with E-state index in [1.54, 1.807) is 0 Å². The van der Waals surface area contributed by atoms with Gasteiger partial charge in [0.25, 0.3) is 5.91 Å². The number of likely N-dealkylation sites (tertiary alicyclic amines) is 1. The van der Waals surface area contributed by atoms with Crippen LogP contribution in [0.4, 0.5) is 8.78 Å². The molecule has 102 valence electrons. The monoisotopic (exact) mass is 266 g/mol. The van der Waals surface area contributed by atoms with E-state index in [1.807, 2.05) is 0 Å². The highest BCUT2D eigenvalue weighted by Crippen LogP contribution is 2.29. The van der Waals surface area contributed by atoms with Crippen molar-refractivity contribution in [2.75, 3.05) is 13.1 Å². The molecule has 1 aromatic carbocycles. The van der Waals surface area contributed by atoms with Gasteiger partial charge >= 0.3 is 0 Å². The Kier molecular flexibility index (Phi) is 3.22. The Balaban J connectivity index is 1.63. The summed E-state index contributed by atoms with van der Waals surface area (Å²) in [5.74, 6) is -2.59. The first-order valence-corrected chi connectivity index (χ1v) is 6.64. The summed E-state index contributed by atoms with van der Waals surface area (Å²) in [6.45, 7) is 1.79. The van der Waals surface area contributed by atoms with Crippen molar-refractivity contribution in [3.63, 3.8) is 0 Å². The van der Waals surface area contributed by atoms with Crippen LogP contribution in [0.25, 0.3) is 0 Å². The zero-order valence-corrected chi connectivity index (χ0v) is 10.5. The molecule has 1 aromatic rings. The summed E-state index contributed by atoms with van der Waals surface area (Å²) in [7, 11) is 0. The lowest BCUT2D eigenvalue weighted by Gasteiger charge is -2.16. The summed E-state index contributed by atoms with van der Waals surface area (Å²) in [5, 5.41) is 2.79. The predicted octanol–water partition coefficient (Wildman–Crippen LogP) is 1.93. The van der Waals surface area contributed by atoms with E-state index in [4.69, 9.17) is 0 Å². The van der Waals surface area contributed by atoms with Crippen molar-refractivity contribution in [2.24, 2.45) is 0 Å². The summed E-state index contributed by atoms with van der Waals surface area (Å²) in [6, 6.07) is 4.37. The fourth-order valence-electron chi connectivity index (χ4n) is 2.62. The number of halogens is 2. The van der Waals surface area contributed by atoms with Gasteiger partial charge in [-0.25, -0.2) is 8.78 Å². The lowest BCUT2D eigenvalue weighted by atomic mass is 10.1. The summed E-state index contributed by atoms with van der Waals surface area (Å²) in [4.78, 5) is 14.3. The van der Waals surface area contributed by atoms with Crippen molar-refractivity contribution >= 4 is 5.91 Å². The van der Waals surface area contributed by atoms with E-state index in [2.05, 4.69) is 10.2 Å². The fourth-order valence-corrected chi connectivity index (χ4v) is 2.62. The van der Waals surface area contributed by atoms with Gasteiger partial charge in [-0.15, -0.1) is 0 Å². The van der Waals surface area contributed by atoms with E-state index >= 15 is 0 Å². The summed E-state index contributed by atoms with van der Waals surface area (Å²) in [6.07, 6.45) is 3.34. The van der Waals surface area contributed by atoms with E-state index in [1.165, 1.54) is 25.0 Å². The van der Waals surface area contributed by atoms with Crippen molar-refractivity contribution in [1.29, 1.82) is 0 Å². The lowest BCUT2D eigenvalue weighted by molar-refractivity contribution is 0.0932. The van der Waals surface area contributed by atoms with Gasteiger partial charge in [-0.05, 0) is 31.4 Å². The van der Waals surface area contributed by atoms with Crippen LogP contribution in [0.1, 0.15) is 29.6 Å². The summed E-state index contributed by atoms with van der Waals surface area (Å²) in [5.41, 5.74) is -0.218. The number of benzene rings is 1. The minimum Gasteiger partial charge on any atom is -0.348 e. The second-order valence-corrected chi connectivity index (χ2v) is 5.29. The second kappa shape index (κ2) is 4.89. The number of carbonyl (C=O) groups is 1. The number of hydrogen-bond donors (Lipinski definition) is 1. The Morgan fingerprint density at radius 3 is 2.79 bits per heavy atom. The molecule has 5 heteroatoms. The van der Waals surface area contributed by atoms with Crippen LogP contribution in [0, 0.1) is 11.6 Å². The molecule has 0 radical (unpaired) electrons. The van der Waals surface area contributed by atoms with Gasteiger partial charge < -0.3 is 5.32 Å². The molecule has 1 heterocycles. The first-order valence-electron chi connectivity index (χ1n) is 6.64. The fraction of sp³-hybridized carbons (Fsp3) is 0.500. The molecule has 1 unspecified atom stereocenters. The predicted molar refractivity (Wildman–Crippen MR) is 66.8 cm³/mol. The zero-order valence-electron chi connectivity index (χ0n) is 10.5. The smallest absolute Gasteiger partial charge is 0.254 e. The molecule has 2 fully saturated rings. The molecule has 3 rings (SSSR count). The van der Waals surface area contributed by atoms with E-state index in [0.717, 1.165) is 25.6 Å². The second-order valence-electron chi connectivity index (χ2n) is 5.29. The minimum absolute atomic E-state index is 0.0377. The number of amides is 1. The maximum atomic E-state index is 13.5. The van der Waals surface area contributed by atoms with Gasteiger partial charge in [0.05, 0.1) is 5.56 Å². The maximum absolute atomic E-state index is 13.5. The Morgan fingerprint density at radius 2 is 2.05 bits per heavy atom. The highest BCUT2D eigenvalue weighted by Gasteiger charge is 2.35. The minimum atomic E-state index is -1.07. The van der Waals surface area contributed by atoms with Crippen molar-refractivity contribution in [3.05, 3.63) is 35.4 Å². The van der Waals surface area contributed by atoms with Gasteiger partial charge in [-0.2, -0.15) is 0 Å². The number of carbonyl (C=O) groups excluding carboxylic acids is 1. The number of nitrogens with zero attached hydrogens (tertiary/aromatic N) is 1. The topological polar surface area (TPSA) is 32.3 Å². The molecule has 1 amide bonds. The first kappa shape index (κ1) is 12.5. The van der Waals surface area contributed by atoms with Crippen molar-refractivity contribution in [1.82, 2.24) is 10.2 Å². The van der Waals surface area contributed by atoms with Crippen LogP contribution in [-0.4, -0.2) is 36.0 Å². The molecule has 1 N–H and O–H groups in total. The van der Waals surface area contributed by atoms with Gasteiger partial charge in [-0.1, -0.05) is 6.07 Å². The molecule has 0 aromatic heterocycles. The van der Waals surface area contributed by atoms with E-state index in [9.17, 15) is 13.6 Å². The molecule has 1 aliphatic heterocycles. The average molecular weight is 266 g/mol. The maximum Gasteiger partial charge on any atom is 0.254 e. The first-order chi connectivity index (χ1) is 9.15. The zero-order chi connectivity index (χ0) is 13.4. The molecule has 3 nitrogen and oxygen atoms in total. The molecule has 1 saturated carbocycles. The normalized spacial score (nSPS) is 23.6. The highest BCUT2D eigenvalue weighted by atomic mass is 19.2. The quantitative estimate of drug-likeness (QED) is 0.906. The SMILES string of the molecule is O=C(NC1CCN(C2CC2)C1)c1cccc(F)c1F. The van der Waals surface area contributed by atoms with Crippen molar-refractivity contribution in [3.8, 4) is 0 Å². The number of nitrogens with one attached hydrogen (secondary N) is 1. The largest absolute Gasteiger partial charge is 0.348 e. The molecular formula is C14H16F2N2O. The Hall–Kier alpha value is -1.49. The Morgan fingerprint density at radius 1 is 1.26 bits per heavy atom. The molecule has 0 bridgehead atoms. The number of hydrogen-bond acceptors (Lipinski definition) is 2. The third-order valence-corrected chi connectivity index (χ3v) is 3.81. The van der Waals surface area contributed by atoms with Gasteiger partial charge in [0.2, 0.25) is 0 Å². The van der Waals surface area contributed by atoms with E-state index < -0.39 is 17.5 Å². The van der Waals surface area contributed by atoms with Crippen LogP contribution in [0.3, 0.4) is 0 Å². The van der Waals surface area contributed by atoms with Crippen molar-refractivity contribution in [2.45, 2.75) is 31.3 Å². The van der Waals surface area contributed by atoms with Crippen molar-refractivity contribution < 1.29 is 13.6 Å². The van der Waals surface area contributed by atoms with E-state index in [0.29, 0.717) is 6.04 Å². The molecule has 0 spiro atoms. The van der Waals surface area contributed by atoms with Crippen LogP contribution < -0.4 is 5.32 Å². The highest BCUT2D eigenvalue weighted by molar-refractivity contribution is 5.94. The van der Waals surface area contributed by atoms with Gasteiger partial charge in [0, 0.05) is 25.2 Å². The van der Waals surface area contributed by atoms with Gasteiger partial charge in [0.1, 0.15) is 0 Å². The van der Waals surface area contributed by atoms with Crippen LogP contribution in [0.5, 0.6) is 0 Å². The molecule has 2 aliphatic rings. The average Bonchev–Trinajstić information content (AvgIpc) is 3.14. The Labute approximate surface area is 110 Å².